The molecule has 0 unspecified atom stereocenters. The molecule has 4 rings (SSSR count). The van der Waals surface area contributed by atoms with Crippen LogP contribution in [-0.2, 0) is 26.2 Å². The maximum Gasteiger partial charge on any atom is 0.264 e. The Morgan fingerprint density at radius 2 is 1.62 bits per heavy atom. The average molecular weight is 633 g/mol. The standard InChI is InChI=1S/C31H35Cl2N3O5S/c1-3-41-27-16-14-26(15-17-27)36(42(39,40)28-18-12-24(32)13-19-28)21-30(37)35(20-23-8-4-7-11-29(23)33)22(2)31(38)34-25-9-5-6-10-25/h4,7-8,11-19,22,25H,3,5-6,9-10,20-21H2,1-2H3,(H,34,38)/t22-/m0/s1. The van der Waals surface area contributed by atoms with E-state index in [-0.39, 0.29) is 29.1 Å². The summed E-state index contributed by atoms with van der Waals surface area (Å²) in [6.45, 7) is 3.41. The van der Waals surface area contributed by atoms with E-state index >= 15 is 0 Å². The van der Waals surface area contributed by atoms with Crippen molar-refractivity contribution in [2.75, 3.05) is 17.5 Å². The largest absolute Gasteiger partial charge is 0.494 e. The van der Waals surface area contributed by atoms with Gasteiger partial charge in [-0.15, -0.1) is 0 Å². The van der Waals surface area contributed by atoms with Gasteiger partial charge in [0, 0.05) is 22.6 Å². The number of ether oxygens (including phenoxy) is 1. The minimum absolute atomic E-state index is 0.0237. The fourth-order valence-electron chi connectivity index (χ4n) is 4.92. The van der Waals surface area contributed by atoms with E-state index in [0.29, 0.717) is 28.0 Å². The molecule has 1 saturated carbocycles. The highest BCUT2D eigenvalue weighted by Gasteiger charge is 2.33. The van der Waals surface area contributed by atoms with Gasteiger partial charge in [-0.25, -0.2) is 8.42 Å². The summed E-state index contributed by atoms with van der Waals surface area (Å²) in [6.07, 6.45) is 3.87. The third-order valence-electron chi connectivity index (χ3n) is 7.28. The fourth-order valence-corrected chi connectivity index (χ4v) is 6.66. The molecule has 0 aromatic heterocycles. The number of hydrogen-bond donors (Lipinski definition) is 1. The summed E-state index contributed by atoms with van der Waals surface area (Å²) in [5.74, 6) is -0.292. The number of hydrogen-bond acceptors (Lipinski definition) is 5. The predicted octanol–water partition coefficient (Wildman–Crippen LogP) is 6.06. The molecule has 0 saturated heterocycles. The summed E-state index contributed by atoms with van der Waals surface area (Å²) in [7, 11) is -4.21. The number of nitrogens with one attached hydrogen (secondary N) is 1. The van der Waals surface area contributed by atoms with Crippen molar-refractivity contribution in [1.82, 2.24) is 10.2 Å². The van der Waals surface area contributed by atoms with E-state index < -0.39 is 28.5 Å². The highest BCUT2D eigenvalue weighted by molar-refractivity contribution is 7.92. The van der Waals surface area contributed by atoms with Gasteiger partial charge in [0.2, 0.25) is 11.8 Å². The van der Waals surface area contributed by atoms with Crippen LogP contribution in [0.4, 0.5) is 5.69 Å². The number of halogens is 2. The molecule has 1 aliphatic rings. The second kappa shape index (κ2) is 14.3. The molecule has 11 heteroatoms. The number of carbonyl (C=O) groups excluding carboxylic acids is 2. The van der Waals surface area contributed by atoms with E-state index in [4.69, 9.17) is 27.9 Å². The van der Waals surface area contributed by atoms with Crippen LogP contribution >= 0.6 is 23.2 Å². The average Bonchev–Trinajstić information content (AvgIpc) is 3.49. The quantitative estimate of drug-likeness (QED) is 0.262. The lowest BCUT2D eigenvalue weighted by Gasteiger charge is -2.32. The summed E-state index contributed by atoms with van der Waals surface area (Å²) in [5, 5.41) is 3.88. The fraction of sp³-hybridized carbons (Fsp3) is 0.355. The van der Waals surface area contributed by atoms with Crippen LogP contribution in [0.3, 0.4) is 0 Å². The van der Waals surface area contributed by atoms with Crippen molar-refractivity contribution in [3.63, 3.8) is 0 Å². The van der Waals surface area contributed by atoms with E-state index in [1.807, 2.05) is 6.92 Å². The maximum absolute atomic E-state index is 14.1. The maximum atomic E-state index is 14.1. The Morgan fingerprint density at radius 3 is 2.24 bits per heavy atom. The molecule has 1 aliphatic carbocycles. The third kappa shape index (κ3) is 7.76. The highest BCUT2D eigenvalue weighted by Crippen LogP contribution is 2.28. The van der Waals surface area contributed by atoms with Crippen LogP contribution in [0.1, 0.15) is 45.1 Å². The summed E-state index contributed by atoms with van der Waals surface area (Å²) in [4.78, 5) is 28.8. The van der Waals surface area contributed by atoms with Crippen LogP contribution in [0.5, 0.6) is 5.75 Å². The summed E-state index contributed by atoms with van der Waals surface area (Å²) < 4.78 is 34.4. The van der Waals surface area contributed by atoms with Gasteiger partial charge >= 0.3 is 0 Å². The summed E-state index contributed by atoms with van der Waals surface area (Å²) in [6, 6.07) is 18.4. The predicted molar refractivity (Wildman–Crippen MR) is 165 cm³/mol. The lowest BCUT2D eigenvalue weighted by molar-refractivity contribution is -0.139. The van der Waals surface area contributed by atoms with Gasteiger partial charge in [-0.1, -0.05) is 54.2 Å². The topological polar surface area (TPSA) is 96.0 Å². The first-order chi connectivity index (χ1) is 20.1. The molecule has 3 aromatic rings. The molecule has 1 fully saturated rings. The Morgan fingerprint density at radius 1 is 0.976 bits per heavy atom. The molecule has 224 valence electrons. The molecular formula is C31H35Cl2N3O5S. The lowest BCUT2D eigenvalue weighted by atomic mass is 10.1. The van der Waals surface area contributed by atoms with E-state index in [2.05, 4.69) is 5.32 Å². The molecule has 0 heterocycles. The molecule has 3 aromatic carbocycles. The molecule has 42 heavy (non-hydrogen) atoms. The second-order valence-electron chi connectivity index (χ2n) is 10.2. The number of anilines is 1. The molecule has 0 aliphatic heterocycles. The number of benzene rings is 3. The van der Waals surface area contributed by atoms with Crippen molar-refractivity contribution in [3.8, 4) is 5.75 Å². The van der Waals surface area contributed by atoms with Crippen molar-refractivity contribution in [1.29, 1.82) is 0 Å². The van der Waals surface area contributed by atoms with Gasteiger partial charge < -0.3 is 15.0 Å². The Hall–Kier alpha value is -3.27. The minimum Gasteiger partial charge on any atom is -0.494 e. The van der Waals surface area contributed by atoms with Crippen LogP contribution < -0.4 is 14.4 Å². The smallest absolute Gasteiger partial charge is 0.264 e. The van der Waals surface area contributed by atoms with Gasteiger partial charge in [0.05, 0.1) is 17.2 Å². The molecule has 1 N–H and O–H groups in total. The lowest BCUT2D eigenvalue weighted by Crippen LogP contribution is -2.52. The summed E-state index contributed by atoms with van der Waals surface area (Å²) >= 11 is 12.4. The highest BCUT2D eigenvalue weighted by atomic mass is 35.5. The zero-order chi connectivity index (χ0) is 30.3. The molecule has 0 bridgehead atoms. The Bertz CT molecular complexity index is 1480. The normalized spacial score (nSPS) is 14.3. The molecule has 0 radical (unpaired) electrons. The zero-order valence-corrected chi connectivity index (χ0v) is 26.0. The van der Waals surface area contributed by atoms with Crippen LogP contribution in [0, 0.1) is 0 Å². The first-order valence-corrected chi connectivity index (χ1v) is 16.1. The Labute approximate surface area is 257 Å². The van der Waals surface area contributed by atoms with Gasteiger partial charge in [0.15, 0.2) is 0 Å². The van der Waals surface area contributed by atoms with Crippen LogP contribution in [-0.4, -0.2) is 50.4 Å². The first kappa shape index (κ1) is 31.7. The number of carbonyl (C=O) groups is 2. The number of nitrogens with zero attached hydrogens (tertiary/aromatic N) is 2. The monoisotopic (exact) mass is 631 g/mol. The minimum atomic E-state index is -4.21. The second-order valence-corrected chi connectivity index (χ2v) is 12.9. The van der Waals surface area contributed by atoms with Crippen molar-refractivity contribution >= 4 is 50.7 Å². The van der Waals surface area contributed by atoms with Crippen LogP contribution in [0.2, 0.25) is 10.0 Å². The van der Waals surface area contributed by atoms with Crippen molar-refractivity contribution < 1.29 is 22.7 Å². The SMILES string of the molecule is CCOc1ccc(N(CC(=O)N(Cc2ccccc2Cl)[C@@H](C)C(=O)NC2CCCC2)S(=O)(=O)c2ccc(Cl)cc2)cc1. The Balaban J connectivity index is 1.69. The van der Waals surface area contributed by atoms with E-state index in [9.17, 15) is 18.0 Å². The van der Waals surface area contributed by atoms with Gasteiger partial charge in [-0.2, -0.15) is 0 Å². The van der Waals surface area contributed by atoms with Gasteiger partial charge in [-0.3, -0.25) is 13.9 Å². The summed E-state index contributed by atoms with van der Waals surface area (Å²) in [5.41, 5.74) is 0.906. The number of rotatable bonds is 12. The van der Waals surface area contributed by atoms with Crippen molar-refractivity contribution in [2.45, 2.75) is 63.1 Å². The first-order valence-electron chi connectivity index (χ1n) is 13.9. The number of sulfonamides is 1. The van der Waals surface area contributed by atoms with Gasteiger partial charge in [-0.05, 0) is 86.8 Å². The van der Waals surface area contributed by atoms with Crippen molar-refractivity contribution in [3.05, 3.63) is 88.4 Å². The number of amides is 2. The molecule has 2 amide bonds. The molecular weight excluding hydrogens is 597 g/mol. The molecule has 8 nitrogen and oxygen atoms in total. The third-order valence-corrected chi connectivity index (χ3v) is 9.69. The Kier molecular flexibility index (Phi) is 10.8. The van der Waals surface area contributed by atoms with Gasteiger partial charge in [0.25, 0.3) is 10.0 Å². The van der Waals surface area contributed by atoms with E-state index in [1.165, 1.54) is 29.2 Å². The van der Waals surface area contributed by atoms with Crippen molar-refractivity contribution in [2.24, 2.45) is 0 Å². The van der Waals surface area contributed by atoms with Gasteiger partial charge in [0.1, 0.15) is 18.3 Å². The molecule has 1 atom stereocenters. The van der Waals surface area contributed by atoms with E-state index in [0.717, 1.165) is 30.0 Å². The van der Waals surface area contributed by atoms with Crippen LogP contribution in [0.15, 0.2) is 77.7 Å². The van der Waals surface area contributed by atoms with Crippen LogP contribution in [0.25, 0.3) is 0 Å². The van der Waals surface area contributed by atoms with E-state index in [1.54, 1.807) is 55.5 Å². The zero-order valence-electron chi connectivity index (χ0n) is 23.6. The molecule has 0 spiro atoms.